The van der Waals surface area contributed by atoms with Crippen molar-refractivity contribution in [3.63, 3.8) is 0 Å². The molecule has 1 aliphatic heterocycles. The Morgan fingerprint density at radius 1 is 1.48 bits per heavy atom. The van der Waals surface area contributed by atoms with Crippen molar-refractivity contribution >= 4 is 23.6 Å². The van der Waals surface area contributed by atoms with Crippen molar-refractivity contribution in [2.24, 2.45) is 5.41 Å². The average Bonchev–Trinajstić information content (AvgIpc) is 3.13. The Bertz CT molecular complexity index is 669. The summed E-state index contributed by atoms with van der Waals surface area (Å²) in [6.45, 7) is 2.29. The van der Waals surface area contributed by atoms with E-state index in [1.807, 2.05) is 0 Å². The number of amides is 2. The van der Waals surface area contributed by atoms with Gasteiger partial charge in [-0.3, -0.25) is 4.79 Å². The molecule has 1 aromatic rings. The van der Waals surface area contributed by atoms with Gasteiger partial charge in [0.2, 0.25) is 0 Å². The molecular formula is C16H18ClFN2O3. The van der Waals surface area contributed by atoms with Crippen molar-refractivity contribution in [2.75, 3.05) is 13.1 Å². The van der Waals surface area contributed by atoms with E-state index < -0.39 is 17.2 Å². The van der Waals surface area contributed by atoms with Gasteiger partial charge in [-0.15, -0.1) is 0 Å². The number of carbonyl (C=O) groups excluding carboxylic acids is 1. The summed E-state index contributed by atoms with van der Waals surface area (Å²) < 4.78 is 13.5. The van der Waals surface area contributed by atoms with E-state index in [0.29, 0.717) is 13.0 Å². The Kier molecular flexibility index (Phi) is 3.96. The summed E-state index contributed by atoms with van der Waals surface area (Å²) in [6, 6.07) is 4.38. The zero-order chi connectivity index (χ0) is 16.8. The topological polar surface area (TPSA) is 69.6 Å². The van der Waals surface area contributed by atoms with Gasteiger partial charge in [0.15, 0.2) is 0 Å². The highest BCUT2D eigenvalue weighted by Crippen LogP contribution is 2.42. The number of aliphatic carboxylic acids is 1. The van der Waals surface area contributed by atoms with Crippen LogP contribution in [0.5, 0.6) is 0 Å². The minimum Gasteiger partial charge on any atom is -0.481 e. The van der Waals surface area contributed by atoms with Crippen LogP contribution in [0.25, 0.3) is 0 Å². The molecule has 0 spiro atoms. The molecule has 1 heterocycles. The van der Waals surface area contributed by atoms with E-state index in [4.69, 9.17) is 11.6 Å². The van der Waals surface area contributed by atoms with Crippen LogP contribution in [0.15, 0.2) is 18.2 Å². The van der Waals surface area contributed by atoms with E-state index in [-0.39, 0.29) is 29.6 Å². The van der Waals surface area contributed by atoms with Gasteiger partial charge in [-0.25, -0.2) is 9.18 Å². The van der Waals surface area contributed by atoms with Gasteiger partial charge in [0.05, 0.1) is 10.4 Å². The quantitative estimate of drug-likeness (QED) is 0.889. The second-order valence-electron chi connectivity index (χ2n) is 6.61. The lowest BCUT2D eigenvalue weighted by molar-refractivity contribution is -0.146. The lowest BCUT2D eigenvalue weighted by atomic mass is 9.90. The normalized spacial score (nSPS) is 29.4. The van der Waals surface area contributed by atoms with Gasteiger partial charge in [0.1, 0.15) is 5.82 Å². The molecule has 1 aliphatic carbocycles. The number of nitrogens with one attached hydrogen (secondary N) is 1. The molecule has 0 radical (unpaired) electrons. The van der Waals surface area contributed by atoms with E-state index in [9.17, 15) is 19.1 Å². The fourth-order valence-electron chi connectivity index (χ4n) is 3.02. The predicted molar refractivity (Wildman–Crippen MR) is 83.0 cm³/mol. The van der Waals surface area contributed by atoms with Crippen molar-refractivity contribution in [2.45, 2.75) is 31.7 Å². The van der Waals surface area contributed by atoms with Gasteiger partial charge >= 0.3 is 12.0 Å². The van der Waals surface area contributed by atoms with E-state index in [1.54, 1.807) is 13.0 Å². The van der Waals surface area contributed by atoms with E-state index in [1.165, 1.54) is 17.0 Å². The number of urea groups is 1. The number of hydrogen-bond acceptors (Lipinski definition) is 2. The highest BCUT2D eigenvalue weighted by molar-refractivity contribution is 6.30. The summed E-state index contributed by atoms with van der Waals surface area (Å²) in [5, 5.41) is 12.2. The third-order valence-corrected chi connectivity index (χ3v) is 5.05. The molecule has 1 unspecified atom stereocenters. The molecular weight excluding hydrogens is 323 g/mol. The highest BCUT2D eigenvalue weighted by Gasteiger charge is 2.45. The molecule has 7 heteroatoms. The molecule has 23 heavy (non-hydrogen) atoms. The van der Waals surface area contributed by atoms with Gasteiger partial charge in [0, 0.05) is 25.0 Å². The first-order valence-corrected chi connectivity index (χ1v) is 7.92. The number of rotatable bonds is 3. The molecule has 2 aliphatic rings. The van der Waals surface area contributed by atoms with Crippen LogP contribution in [0.3, 0.4) is 0 Å². The van der Waals surface area contributed by atoms with Crippen molar-refractivity contribution in [1.29, 1.82) is 0 Å². The third kappa shape index (κ3) is 3.13. The van der Waals surface area contributed by atoms with Crippen LogP contribution < -0.4 is 5.32 Å². The zero-order valence-corrected chi connectivity index (χ0v) is 13.4. The molecule has 1 saturated heterocycles. The molecule has 3 atom stereocenters. The molecule has 2 fully saturated rings. The Balaban J connectivity index is 1.56. The van der Waals surface area contributed by atoms with Crippen LogP contribution in [-0.2, 0) is 4.79 Å². The number of carboxylic acid groups (broad SMARTS) is 1. The fraction of sp³-hybridized carbons (Fsp3) is 0.500. The number of carbonyl (C=O) groups is 2. The smallest absolute Gasteiger partial charge is 0.317 e. The SMILES string of the molecule is CC1(C(=O)O)CCN(C(=O)N[C@@H]2C[C@H]2c2ccc(Cl)c(F)c2)C1. The second kappa shape index (κ2) is 5.67. The lowest BCUT2D eigenvalue weighted by Gasteiger charge is -2.20. The third-order valence-electron chi connectivity index (χ3n) is 4.75. The first kappa shape index (κ1) is 16.1. The molecule has 3 rings (SSSR count). The van der Waals surface area contributed by atoms with E-state index in [0.717, 1.165) is 12.0 Å². The summed E-state index contributed by atoms with van der Waals surface area (Å²) in [4.78, 5) is 25.0. The largest absolute Gasteiger partial charge is 0.481 e. The standard InChI is InChI=1S/C16H18ClFN2O3/c1-16(14(21)22)4-5-20(8-16)15(23)19-13-7-10(13)9-2-3-11(17)12(18)6-9/h2-3,6,10,13H,4-5,7-8H2,1H3,(H,19,23)(H,21,22)/t10-,13+,16?/m0/s1. The maximum Gasteiger partial charge on any atom is 0.317 e. The van der Waals surface area contributed by atoms with Crippen LogP contribution in [0.4, 0.5) is 9.18 Å². The number of carboxylic acids is 1. The Morgan fingerprint density at radius 3 is 2.83 bits per heavy atom. The van der Waals surface area contributed by atoms with Crippen LogP contribution in [0.1, 0.15) is 31.2 Å². The summed E-state index contributed by atoms with van der Waals surface area (Å²) in [7, 11) is 0. The van der Waals surface area contributed by atoms with Crippen LogP contribution in [-0.4, -0.2) is 41.1 Å². The van der Waals surface area contributed by atoms with Crippen molar-refractivity contribution in [1.82, 2.24) is 10.2 Å². The summed E-state index contributed by atoms with van der Waals surface area (Å²) in [6.07, 6.45) is 1.20. The van der Waals surface area contributed by atoms with Gasteiger partial charge < -0.3 is 15.3 Å². The van der Waals surface area contributed by atoms with Crippen LogP contribution in [0, 0.1) is 11.2 Å². The lowest BCUT2D eigenvalue weighted by Crippen LogP contribution is -2.42. The Labute approximate surface area is 138 Å². The van der Waals surface area contributed by atoms with Crippen LogP contribution in [0.2, 0.25) is 5.02 Å². The first-order valence-electron chi connectivity index (χ1n) is 7.54. The number of benzene rings is 1. The molecule has 124 valence electrons. The monoisotopic (exact) mass is 340 g/mol. The highest BCUT2D eigenvalue weighted by atomic mass is 35.5. The van der Waals surface area contributed by atoms with Gasteiger partial charge in [-0.05, 0) is 37.5 Å². The fourth-order valence-corrected chi connectivity index (χ4v) is 3.14. The van der Waals surface area contributed by atoms with Gasteiger partial charge in [-0.2, -0.15) is 0 Å². The summed E-state index contributed by atoms with van der Waals surface area (Å²) in [5.41, 5.74) is -0.0615. The minimum absolute atomic E-state index is 0.0419. The molecule has 2 amide bonds. The van der Waals surface area contributed by atoms with Gasteiger partial charge in [0.25, 0.3) is 0 Å². The number of nitrogens with zero attached hydrogens (tertiary/aromatic N) is 1. The van der Waals surface area contributed by atoms with Gasteiger partial charge in [-0.1, -0.05) is 17.7 Å². The molecule has 0 bridgehead atoms. The van der Waals surface area contributed by atoms with Crippen LogP contribution >= 0.6 is 11.6 Å². The second-order valence-corrected chi connectivity index (χ2v) is 7.02. The Morgan fingerprint density at radius 2 is 2.22 bits per heavy atom. The van der Waals surface area contributed by atoms with E-state index >= 15 is 0 Å². The van der Waals surface area contributed by atoms with Crippen molar-refractivity contribution < 1.29 is 19.1 Å². The summed E-state index contributed by atoms with van der Waals surface area (Å²) in [5.74, 6) is -1.26. The number of hydrogen-bond donors (Lipinski definition) is 2. The molecule has 1 saturated carbocycles. The zero-order valence-electron chi connectivity index (χ0n) is 12.7. The van der Waals surface area contributed by atoms with E-state index in [2.05, 4.69) is 5.32 Å². The minimum atomic E-state index is -0.881. The molecule has 5 nitrogen and oxygen atoms in total. The van der Waals surface area contributed by atoms with Crippen molar-refractivity contribution in [3.8, 4) is 0 Å². The maximum atomic E-state index is 13.5. The molecule has 2 N–H and O–H groups in total. The number of likely N-dealkylation sites (tertiary alicyclic amines) is 1. The average molecular weight is 341 g/mol. The maximum absolute atomic E-state index is 13.5. The van der Waals surface area contributed by atoms with Crippen molar-refractivity contribution in [3.05, 3.63) is 34.6 Å². The molecule has 1 aromatic carbocycles. The molecule has 0 aromatic heterocycles. The Hall–Kier alpha value is -1.82. The predicted octanol–water partition coefficient (Wildman–Crippen LogP) is 2.84. The number of halogens is 2. The first-order chi connectivity index (χ1) is 10.8. The summed E-state index contributed by atoms with van der Waals surface area (Å²) >= 11 is 5.67.